The molecule has 3 heterocycles. The maximum absolute atomic E-state index is 13.0. The Balaban J connectivity index is 1.69. The van der Waals surface area contributed by atoms with Gasteiger partial charge in [-0.25, -0.2) is 14.5 Å². The van der Waals surface area contributed by atoms with Gasteiger partial charge in [0.2, 0.25) is 0 Å². The van der Waals surface area contributed by atoms with Gasteiger partial charge >= 0.3 is 12.1 Å². The number of carbonyl (C=O) groups excluding carboxylic acids is 1. The molecule has 1 aliphatic rings. The van der Waals surface area contributed by atoms with Crippen LogP contribution in [0.15, 0.2) is 47.7 Å². The van der Waals surface area contributed by atoms with Crippen LogP contribution in [0.1, 0.15) is 12.8 Å². The van der Waals surface area contributed by atoms with Crippen molar-refractivity contribution >= 4 is 17.0 Å². The molecular weight excluding hydrogens is 403 g/mol. The molecule has 30 heavy (non-hydrogen) atoms. The minimum Gasteiger partial charge on any atom is -0.450 e. The summed E-state index contributed by atoms with van der Waals surface area (Å²) < 4.78 is 45.9. The number of hydrogen-bond acceptors (Lipinski definition) is 6. The number of ether oxygens (including phenoxy) is 1. The Morgan fingerprint density at radius 2 is 1.90 bits per heavy atom. The molecule has 0 amide bonds. The van der Waals surface area contributed by atoms with Crippen LogP contribution in [0.4, 0.5) is 13.2 Å². The van der Waals surface area contributed by atoms with E-state index in [2.05, 4.69) is 15.4 Å². The average Bonchev–Trinajstić information content (AvgIpc) is 3.16. The normalized spacial score (nSPS) is 16.5. The van der Waals surface area contributed by atoms with Gasteiger partial charge in [0.05, 0.1) is 18.4 Å². The van der Waals surface area contributed by atoms with Crippen molar-refractivity contribution in [2.45, 2.75) is 31.2 Å². The molecule has 0 aliphatic carbocycles. The molecule has 158 valence electrons. The lowest BCUT2D eigenvalue weighted by Gasteiger charge is -2.37. The topological polar surface area (TPSA) is 91.0 Å². The number of nitrogens with one attached hydrogen (secondary N) is 1. The minimum absolute atomic E-state index is 0.141. The molecule has 1 saturated heterocycles. The van der Waals surface area contributed by atoms with Crippen molar-refractivity contribution in [3.8, 4) is 5.69 Å². The van der Waals surface area contributed by atoms with Gasteiger partial charge in [0.15, 0.2) is 5.65 Å². The second kappa shape index (κ2) is 7.56. The van der Waals surface area contributed by atoms with E-state index in [-0.39, 0.29) is 24.8 Å². The summed E-state index contributed by atoms with van der Waals surface area (Å²) in [5.74, 6) is -2.26. The van der Waals surface area contributed by atoms with Crippen molar-refractivity contribution in [3.05, 3.63) is 53.2 Å². The molecule has 0 bridgehead atoms. The lowest BCUT2D eigenvalue weighted by molar-refractivity contribution is -0.217. The van der Waals surface area contributed by atoms with Crippen LogP contribution < -0.4 is 10.9 Å². The predicted octanol–water partition coefficient (Wildman–Crippen LogP) is 1.81. The molecule has 0 saturated carbocycles. The van der Waals surface area contributed by atoms with E-state index in [1.165, 1.54) is 21.8 Å². The van der Waals surface area contributed by atoms with E-state index >= 15 is 0 Å². The van der Waals surface area contributed by atoms with Crippen molar-refractivity contribution in [2.24, 2.45) is 0 Å². The standard InChI is InChI=1S/C19H18F3N5O3/c20-19(21,22)17(29)30-18(6-8-23-9-7-18)11-26-12-24-15-14(16(26)28)10-25-27(15)13-4-2-1-3-5-13/h1-5,10,12,23H,6-9,11H2. The lowest BCUT2D eigenvalue weighted by atomic mass is 9.91. The third-order valence-electron chi connectivity index (χ3n) is 5.07. The van der Waals surface area contributed by atoms with Crippen molar-refractivity contribution in [1.82, 2.24) is 24.6 Å². The highest BCUT2D eigenvalue weighted by Gasteiger charge is 2.47. The first-order valence-electron chi connectivity index (χ1n) is 9.29. The zero-order valence-corrected chi connectivity index (χ0v) is 15.7. The van der Waals surface area contributed by atoms with Gasteiger partial charge in [-0.2, -0.15) is 18.3 Å². The van der Waals surface area contributed by atoms with Crippen LogP contribution in [-0.4, -0.2) is 50.2 Å². The van der Waals surface area contributed by atoms with Crippen molar-refractivity contribution in [1.29, 1.82) is 0 Å². The Morgan fingerprint density at radius 1 is 1.20 bits per heavy atom. The maximum Gasteiger partial charge on any atom is 0.490 e. The van der Waals surface area contributed by atoms with Crippen molar-refractivity contribution in [2.75, 3.05) is 13.1 Å². The van der Waals surface area contributed by atoms with E-state index in [0.717, 1.165) is 0 Å². The first-order chi connectivity index (χ1) is 14.3. The van der Waals surface area contributed by atoms with E-state index in [4.69, 9.17) is 4.74 Å². The number of piperidine rings is 1. The Kier molecular flexibility index (Phi) is 5.06. The molecule has 8 nitrogen and oxygen atoms in total. The highest BCUT2D eigenvalue weighted by atomic mass is 19.4. The van der Waals surface area contributed by atoms with Crippen LogP contribution in [0.2, 0.25) is 0 Å². The Labute approximate surface area is 168 Å². The molecule has 1 aliphatic heterocycles. The summed E-state index contributed by atoms with van der Waals surface area (Å²) in [6.07, 6.45) is -2.21. The number of aromatic nitrogens is 4. The fraction of sp³-hybridized carbons (Fsp3) is 0.368. The fourth-order valence-electron chi connectivity index (χ4n) is 3.56. The third-order valence-corrected chi connectivity index (χ3v) is 5.07. The van der Waals surface area contributed by atoms with Gasteiger partial charge in [-0.15, -0.1) is 0 Å². The molecule has 1 N–H and O–H groups in total. The number of para-hydroxylation sites is 1. The summed E-state index contributed by atoms with van der Waals surface area (Å²) >= 11 is 0. The van der Waals surface area contributed by atoms with E-state index in [1.54, 1.807) is 12.1 Å². The predicted molar refractivity (Wildman–Crippen MR) is 100 cm³/mol. The van der Waals surface area contributed by atoms with Crippen LogP contribution in [0.3, 0.4) is 0 Å². The second-order valence-electron chi connectivity index (χ2n) is 7.13. The van der Waals surface area contributed by atoms with Gasteiger partial charge in [-0.05, 0) is 25.2 Å². The smallest absolute Gasteiger partial charge is 0.450 e. The number of benzene rings is 1. The first-order valence-corrected chi connectivity index (χ1v) is 9.29. The molecule has 11 heteroatoms. The quantitative estimate of drug-likeness (QED) is 0.647. The SMILES string of the molecule is O=C(OC1(Cn2cnc3c(cnn3-c3ccccc3)c2=O)CCNCC1)C(F)(F)F. The summed E-state index contributed by atoms with van der Waals surface area (Å²) in [5, 5.41) is 7.44. The summed E-state index contributed by atoms with van der Waals surface area (Å²) in [5.41, 5.74) is -0.879. The molecule has 0 spiro atoms. The van der Waals surface area contributed by atoms with Crippen molar-refractivity contribution < 1.29 is 22.7 Å². The Bertz CT molecular complexity index is 1120. The van der Waals surface area contributed by atoms with Gasteiger partial charge in [0.1, 0.15) is 17.3 Å². The third kappa shape index (κ3) is 3.80. The number of alkyl halides is 3. The molecule has 3 aromatic rings. The second-order valence-corrected chi connectivity index (χ2v) is 7.13. The Hall–Kier alpha value is -3.21. The van der Waals surface area contributed by atoms with Crippen LogP contribution in [-0.2, 0) is 16.1 Å². The maximum atomic E-state index is 13.0. The van der Waals surface area contributed by atoms with E-state index in [0.29, 0.717) is 24.4 Å². The van der Waals surface area contributed by atoms with Crippen LogP contribution in [0.5, 0.6) is 0 Å². The number of fused-ring (bicyclic) bond motifs is 1. The molecule has 4 rings (SSSR count). The van der Waals surface area contributed by atoms with Gasteiger partial charge in [0.25, 0.3) is 5.56 Å². The van der Waals surface area contributed by atoms with Crippen molar-refractivity contribution in [3.63, 3.8) is 0 Å². The fourth-order valence-corrected chi connectivity index (χ4v) is 3.56. The van der Waals surface area contributed by atoms with Gasteiger partial charge < -0.3 is 10.1 Å². The number of nitrogens with zero attached hydrogens (tertiary/aromatic N) is 4. The summed E-state index contributed by atoms with van der Waals surface area (Å²) in [6.45, 7) is 0.498. The largest absolute Gasteiger partial charge is 0.490 e. The molecule has 0 atom stereocenters. The average molecular weight is 421 g/mol. The summed E-state index contributed by atoms with van der Waals surface area (Å²) in [6, 6.07) is 9.09. The molecule has 0 radical (unpaired) electrons. The number of halogens is 3. The zero-order valence-electron chi connectivity index (χ0n) is 15.7. The summed E-state index contributed by atoms with van der Waals surface area (Å²) in [7, 11) is 0. The van der Waals surface area contributed by atoms with E-state index in [1.807, 2.05) is 18.2 Å². The van der Waals surface area contributed by atoms with Gasteiger partial charge in [-0.3, -0.25) is 9.36 Å². The van der Waals surface area contributed by atoms with Gasteiger partial charge in [-0.1, -0.05) is 18.2 Å². The Morgan fingerprint density at radius 3 is 2.57 bits per heavy atom. The van der Waals surface area contributed by atoms with Crippen LogP contribution in [0.25, 0.3) is 16.7 Å². The van der Waals surface area contributed by atoms with Gasteiger partial charge in [0, 0.05) is 12.8 Å². The van der Waals surface area contributed by atoms with E-state index in [9.17, 15) is 22.8 Å². The number of carbonyl (C=O) groups is 1. The molecule has 2 aromatic heterocycles. The minimum atomic E-state index is -5.11. The van der Waals surface area contributed by atoms with Crippen LogP contribution >= 0.6 is 0 Å². The first kappa shape index (κ1) is 20.1. The van der Waals surface area contributed by atoms with E-state index < -0.39 is 23.3 Å². The zero-order chi connectivity index (χ0) is 21.4. The number of hydrogen-bond donors (Lipinski definition) is 1. The highest BCUT2D eigenvalue weighted by molar-refractivity contribution is 5.76. The monoisotopic (exact) mass is 421 g/mol. The number of rotatable bonds is 4. The van der Waals surface area contributed by atoms with Crippen LogP contribution in [0, 0.1) is 0 Å². The molecule has 0 unspecified atom stereocenters. The molecular formula is C19H18F3N5O3. The molecule has 1 fully saturated rings. The highest BCUT2D eigenvalue weighted by Crippen LogP contribution is 2.29. The molecule has 1 aromatic carbocycles. The lowest BCUT2D eigenvalue weighted by Crippen LogP contribution is -2.51. The summed E-state index contributed by atoms with van der Waals surface area (Å²) in [4.78, 5) is 28.8. The number of esters is 1.